The Morgan fingerprint density at radius 3 is 2.67 bits per heavy atom. The summed E-state index contributed by atoms with van der Waals surface area (Å²) >= 11 is 5.86. The molecular formula is C21H20I2N4O2S. The molecule has 0 fully saturated rings. The van der Waals surface area contributed by atoms with Crippen molar-refractivity contribution < 1.29 is 9.84 Å². The number of ether oxygens (including phenoxy) is 1. The Bertz CT molecular complexity index is 1040. The molecule has 2 aromatic carbocycles. The zero-order valence-electron chi connectivity index (χ0n) is 16.2. The van der Waals surface area contributed by atoms with Crippen LogP contribution >= 0.6 is 56.9 Å². The van der Waals surface area contributed by atoms with Gasteiger partial charge in [0.05, 0.1) is 7.14 Å². The first-order valence-electron chi connectivity index (χ1n) is 9.65. The highest BCUT2D eigenvalue weighted by molar-refractivity contribution is 14.1. The molecule has 0 radical (unpaired) electrons. The number of phenolic OH excluding ortho intramolecular Hbond substituents is 1. The molecule has 0 saturated carbocycles. The monoisotopic (exact) mass is 646 g/mol. The van der Waals surface area contributed by atoms with Gasteiger partial charge in [0.25, 0.3) is 0 Å². The molecule has 3 aromatic rings. The van der Waals surface area contributed by atoms with Crippen molar-refractivity contribution in [2.24, 2.45) is 0 Å². The maximum Gasteiger partial charge on any atom is 0.247 e. The highest BCUT2D eigenvalue weighted by Gasteiger charge is 2.27. The van der Waals surface area contributed by atoms with Crippen LogP contribution in [-0.4, -0.2) is 26.0 Å². The van der Waals surface area contributed by atoms with E-state index in [2.05, 4.69) is 72.6 Å². The van der Waals surface area contributed by atoms with Gasteiger partial charge in [-0.25, -0.2) is 0 Å². The number of unbranched alkanes of at least 4 members (excludes halogenated alkanes) is 2. The third-order valence-electron chi connectivity index (χ3n) is 4.65. The summed E-state index contributed by atoms with van der Waals surface area (Å²) in [6.45, 7) is 2.19. The Morgan fingerprint density at radius 1 is 1.13 bits per heavy atom. The number of thioether (sulfide) groups is 1. The normalized spacial score (nSPS) is 14.8. The minimum absolute atomic E-state index is 0.282. The third kappa shape index (κ3) is 4.77. The molecule has 4 rings (SSSR count). The van der Waals surface area contributed by atoms with Gasteiger partial charge in [-0.2, -0.15) is 4.98 Å². The molecule has 0 spiro atoms. The van der Waals surface area contributed by atoms with Crippen LogP contribution in [0.3, 0.4) is 0 Å². The summed E-state index contributed by atoms with van der Waals surface area (Å²) in [5, 5.41) is 23.0. The Hall–Kier alpha value is -1.34. The SMILES string of the molecule is CCCCCSc1nnc2c(n1)O[C@H](c1cc(I)c(O)c(I)c1)Nc1ccccc1-2. The molecule has 0 saturated heterocycles. The number of para-hydroxylation sites is 1. The molecule has 0 amide bonds. The van der Waals surface area contributed by atoms with E-state index >= 15 is 0 Å². The van der Waals surface area contributed by atoms with Crippen LogP contribution in [0.4, 0.5) is 5.69 Å². The minimum Gasteiger partial charge on any atom is -0.506 e. The molecule has 2 heterocycles. The van der Waals surface area contributed by atoms with Crippen molar-refractivity contribution in [3.8, 4) is 22.9 Å². The van der Waals surface area contributed by atoms with E-state index in [9.17, 15) is 5.11 Å². The fourth-order valence-corrected chi connectivity index (χ4v) is 5.70. The zero-order valence-corrected chi connectivity index (χ0v) is 21.4. The summed E-state index contributed by atoms with van der Waals surface area (Å²) < 4.78 is 7.86. The van der Waals surface area contributed by atoms with Crippen molar-refractivity contribution in [1.82, 2.24) is 15.2 Å². The van der Waals surface area contributed by atoms with Gasteiger partial charge in [0, 0.05) is 22.6 Å². The van der Waals surface area contributed by atoms with Crippen LogP contribution in [0.1, 0.15) is 38.0 Å². The predicted octanol–water partition coefficient (Wildman–Crippen LogP) is 6.24. The maximum absolute atomic E-state index is 10.1. The largest absolute Gasteiger partial charge is 0.506 e. The molecule has 1 aliphatic heterocycles. The number of benzene rings is 2. The molecule has 0 bridgehead atoms. The number of rotatable bonds is 6. The molecule has 1 aliphatic rings. The van der Waals surface area contributed by atoms with Crippen LogP contribution in [0.15, 0.2) is 41.6 Å². The number of nitrogens with one attached hydrogen (secondary N) is 1. The smallest absolute Gasteiger partial charge is 0.247 e. The van der Waals surface area contributed by atoms with Gasteiger partial charge in [-0.1, -0.05) is 49.7 Å². The van der Waals surface area contributed by atoms with Crippen LogP contribution in [-0.2, 0) is 0 Å². The fraction of sp³-hybridized carbons (Fsp3) is 0.286. The Balaban J connectivity index is 1.71. The third-order valence-corrected chi connectivity index (χ3v) is 7.22. The molecule has 0 unspecified atom stereocenters. The van der Waals surface area contributed by atoms with E-state index in [1.54, 1.807) is 11.8 Å². The summed E-state index contributed by atoms with van der Waals surface area (Å²) in [6, 6.07) is 11.7. The molecule has 0 aliphatic carbocycles. The van der Waals surface area contributed by atoms with E-state index in [0.29, 0.717) is 16.7 Å². The number of halogens is 2. The van der Waals surface area contributed by atoms with Gasteiger partial charge in [-0.05, 0) is 69.8 Å². The van der Waals surface area contributed by atoms with Crippen LogP contribution in [0.25, 0.3) is 11.3 Å². The van der Waals surface area contributed by atoms with Crippen molar-refractivity contribution >= 4 is 62.6 Å². The molecule has 156 valence electrons. The lowest BCUT2D eigenvalue weighted by atomic mass is 10.1. The van der Waals surface area contributed by atoms with Crippen LogP contribution in [0.2, 0.25) is 0 Å². The second-order valence-electron chi connectivity index (χ2n) is 6.82. The van der Waals surface area contributed by atoms with Crippen LogP contribution in [0, 0.1) is 7.14 Å². The van der Waals surface area contributed by atoms with Crippen LogP contribution in [0.5, 0.6) is 11.6 Å². The second-order valence-corrected chi connectivity index (χ2v) is 10.2. The van der Waals surface area contributed by atoms with E-state index in [1.165, 1.54) is 12.8 Å². The molecule has 6 nitrogen and oxygen atoms in total. The van der Waals surface area contributed by atoms with E-state index < -0.39 is 6.23 Å². The number of phenols is 1. The van der Waals surface area contributed by atoms with Crippen molar-refractivity contribution in [3.63, 3.8) is 0 Å². The number of hydrogen-bond acceptors (Lipinski definition) is 7. The Morgan fingerprint density at radius 2 is 1.90 bits per heavy atom. The quantitative estimate of drug-likeness (QED) is 0.187. The van der Waals surface area contributed by atoms with E-state index in [4.69, 9.17) is 4.74 Å². The van der Waals surface area contributed by atoms with Crippen LogP contribution < -0.4 is 10.1 Å². The fourth-order valence-electron chi connectivity index (χ4n) is 3.11. The van der Waals surface area contributed by atoms with Gasteiger partial charge in [-0.3, -0.25) is 0 Å². The summed E-state index contributed by atoms with van der Waals surface area (Å²) in [4.78, 5) is 4.68. The lowest BCUT2D eigenvalue weighted by Crippen LogP contribution is -2.17. The molecule has 1 aromatic heterocycles. The predicted molar refractivity (Wildman–Crippen MR) is 136 cm³/mol. The maximum atomic E-state index is 10.1. The van der Waals surface area contributed by atoms with Crippen molar-refractivity contribution in [1.29, 1.82) is 0 Å². The number of hydrogen-bond donors (Lipinski definition) is 2. The number of fused-ring (bicyclic) bond motifs is 3. The second kappa shape index (κ2) is 9.86. The molecule has 2 N–H and O–H groups in total. The average Bonchev–Trinajstić information content (AvgIpc) is 2.91. The minimum atomic E-state index is -0.468. The molecule has 9 heteroatoms. The molecular weight excluding hydrogens is 626 g/mol. The van der Waals surface area contributed by atoms with E-state index in [0.717, 1.165) is 36.1 Å². The Labute approximate surface area is 206 Å². The van der Waals surface area contributed by atoms with Gasteiger partial charge < -0.3 is 15.2 Å². The lowest BCUT2D eigenvalue weighted by Gasteiger charge is -2.20. The average molecular weight is 646 g/mol. The van der Waals surface area contributed by atoms with Crippen molar-refractivity contribution in [2.75, 3.05) is 11.1 Å². The zero-order chi connectivity index (χ0) is 21.1. The molecule has 1 atom stereocenters. The topological polar surface area (TPSA) is 80.2 Å². The number of anilines is 1. The molecule has 30 heavy (non-hydrogen) atoms. The van der Waals surface area contributed by atoms with Gasteiger partial charge in [-0.15, -0.1) is 10.2 Å². The van der Waals surface area contributed by atoms with Gasteiger partial charge in [0.2, 0.25) is 11.0 Å². The van der Waals surface area contributed by atoms with Crippen molar-refractivity contribution in [2.45, 2.75) is 37.6 Å². The van der Waals surface area contributed by atoms with Crippen molar-refractivity contribution in [3.05, 3.63) is 49.1 Å². The standard InChI is InChI=1S/C21H20I2N4O2S/c1-2-3-6-9-30-21-25-20-17(26-27-21)13-7-4-5-8-16(13)24-19(29-20)12-10-14(22)18(28)15(23)11-12/h4-5,7-8,10-11,19,24,28H,2-3,6,9H2,1H3/t19-/m1/s1. The summed E-state index contributed by atoms with van der Waals surface area (Å²) in [7, 11) is 0. The van der Waals surface area contributed by atoms with E-state index in [1.807, 2.05) is 36.4 Å². The first-order valence-corrected chi connectivity index (χ1v) is 12.8. The van der Waals surface area contributed by atoms with Gasteiger partial charge in [0.15, 0.2) is 11.9 Å². The number of aromatic hydroxyl groups is 1. The number of nitrogens with zero attached hydrogens (tertiary/aromatic N) is 3. The highest BCUT2D eigenvalue weighted by atomic mass is 127. The van der Waals surface area contributed by atoms with Gasteiger partial charge in [0.1, 0.15) is 5.75 Å². The van der Waals surface area contributed by atoms with E-state index in [-0.39, 0.29) is 5.75 Å². The summed E-state index contributed by atoms with van der Waals surface area (Å²) in [5.41, 5.74) is 3.33. The number of aromatic nitrogens is 3. The first kappa shape index (κ1) is 21.9. The lowest BCUT2D eigenvalue weighted by molar-refractivity contribution is 0.225. The summed E-state index contributed by atoms with van der Waals surface area (Å²) in [5.74, 6) is 1.70. The van der Waals surface area contributed by atoms with Gasteiger partial charge >= 0.3 is 0 Å². The first-order chi connectivity index (χ1) is 14.6. The highest BCUT2D eigenvalue weighted by Crippen LogP contribution is 2.40. The Kier molecular flexibility index (Phi) is 7.19. The summed E-state index contributed by atoms with van der Waals surface area (Å²) in [6.07, 6.45) is 3.03.